The summed E-state index contributed by atoms with van der Waals surface area (Å²) >= 11 is 0. The van der Waals surface area contributed by atoms with Gasteiger partial charge in [0.15, 0.2) is 5.82 Å². The number of anilines is 1. The van der Waals surface area contributed by atoms with Gasteiger partial charge in [-0.1, -0.05) is 0 Å². The van der Waals surface area contributed by atoms with E-state index in [2.05, 4.69) is 20.3 Å². The molecule has 0 saturated heterocycles. The van der Waals surface area contributed by atoms with Crippen molar-refractivity contribution >= 4 is 5.82 Å². The number of hydrogen-bond donors (Lipinski definition) is 1. The van der Waals surface area contributed by atoms with E-state index >= 15 is 0 Å². The number of nitrogens with zero attached hydrogens (tertiary/aromatic N) is 4. The SMILES string of the molecule is CCNc1cncc(-n2cnc(C)c2C)n1. The molecule has 84 valence electrons. The van der Waals surface area contributed by atoms with Crippen molar-refractivity contribution in [1.82, 2.24) is 19.5 Å². The van der Waals surface area contributed by atoms with E-state index in [1.165, 1.54) is 0 Å². The van der Waals surface area contributed by atoms with Crippen LogP contribution in [0.4, 0.5) is 5.82 Å². The molecule has 2 aromatic heterocycles. The van der Waals surface area contributed by atoms with E-state index in [0.29, 0.717) is 0 Å². The Kier molecular flexibility index (Phi) is 2.85. The zero-order valence-electron chi connectivity index (χ0n) is 9.73. The molecule has 0 bridgehead atoms. The first-order chi connectivity index (χ1) is 7.72. The summed E-state index contributed by atoms with van der Waals surface area (Å²) in [5.41, 5.74) is 2.10. The second kappa shape index (κ2) is 4.30. The maximum absolute atomic E-state index is 4.46. The van der Waals surface area contributed by atoms with Crippen LogP contribution in [0.25, 0.3) is 5.82 Å². The van der Waals surface area contributed by atoms with E-state index in [1.807, 2.05) is 25.3 Å². The fourth-order valence-electron chi connectivity index (χ4n) is 1.47. The van der Waals surface area contributed by atoms with Crippen LogP contribution in [0, 0.1) is 13.8 Å². The van der Waals surface area contributed by atoms with Crippen molar-refractivity contribution in [3.63, 3.8) is 0 Å². The third-order valence-corrected chi connectivity index (χ3v) is 2.48. The van der Waals surface area contributed by atoms with Gasteiger partial charge < -0.3 is 5.32 Å². The minimum atomic E-state index is 0.783. The standard InChI is InChI=1S/C11H15N5/c1-4-13-10-5-12-6-11(15-10)16-7-14-8(2)9(16)3/h5-7H,4H2,1-3H3,(H,13,15). The lowest BCUT2D eigenvalue weighted by molar-refractivity contribution is 0.931. The molecule has 2 aromatic rings. The minimum absolute atomic E-state index is 0.783. The number of rotatable bonds is 3. The van der Waals surface area contributed by atoms with Gasteiger partial charge >= 0.3 is 0 Å². The molecular formula is C11H15N5. The molecule has 0 aliphatic carbocycles. The van der Waals surface area contributed by atoms with Crippen LogP contribution in [0.3, 0.4) is 0 Å². The van der Waals surface area contributed by atoms with Crippen LogP contribution in [0.5, 0.6) is 0 Å². The Morgan fingerprint density at radius 2 is 2.12 bits per heavy atom. The second-order valence-corrected chi connectivity index (χ2v) is 3.58. The van der Waals surface area contributed by atoms with Crippen LogP contribution in [-0.4, -0.2) is 26.1 Å². The van der Waals surface area contributed by atoms with Gasteiger partial charge in [0.05, 0.1) is 18.1 Å². The van der Waals surface area contributed by atoms with Gasteiger partial charge in [0.1, 0.15) is 12.1 Å². The van der Waals surface area contributed by atoms with E-state index in [4.69, 9.17) is 0 Å². The van der Waals surface area contributed by atoms with E-state index in [1.54, 1.807) is 18.7 Å². The van der Waals surface area contributed by atoms with Crippen LogP contribution in [0.1, 0.15) is 18.3 Å². The Hall–Kier alpha value is -1.91. The first kappa shape index (κ1) is 10.6. The molecule has 2 heterocycles. The molecule has 0 fully saturated rings. The highest BCUT2D eigenvalue weighted by Gasteiger charge is 2.06. The first-order valence-electron chi connectivity index (χ1n) is 5.29. The average molecular weight is 217 g/mol. The van der Waals surface area contributed by atoms with Crippen molar-refractivity contribution in [2.75, 3.05) is 11.9 Å². The van der Waals surface area contributed by atoms with E-state index < -0.39 is 0 Å². The van der Waals surface area contributed by atoms with Crippen LogP contribution < -0.4 is 5.32 Å². The summed E-state index contributed by atoms with van der Waals surface area (Å²) in [5.74, 6) is 1.57. The Bertz CT molecular complexity index is 489. The molecule has 0 aliphatic rings. The monoisotopic (exact) mass is 217 g/mol. The van der Waals surface area contributed by atoms with Crippen LogP contribution in [0.2, 0.25) is 0 Å². The summed E-state index contributed by atoms with van der Waals surface area (Å²) in [6.07, 6.45) is 5.21. The molecule has 0 unspecified atom stereocenters. The van der Waals surface area contributed by atoms with Crippen LogP contribution in [0.15, 0.2) is 18.7 Å². The van der Waals surface area contributed by atoms with Gasteiger partial charge in [-0.3, -0.25) is 9.55 Å². The minimum Gasteiger partial charge on any atom is -0.369 e. The third kappa shape index (κ3) is 1.88. The number of hydrogen-bond acceptors (Lipinski definition) is 4. The zero-order chi connectivity index (χ0) is 11.5. The molecule has 0 aliphatic heterocycles. The molecule has 5 heteroatoms. The highest BCUT2D eigenvalue weighted by Crippen LogP contribution is 2.12. The maximum Gasteiger partial charge on any atom is 0.159 e. The smallest absolute Gasteiger partial charge is 0.159 e. The predicted molar refractivity (Wildman–Crippen MR) is 62.8 cm³/mol. The lowest BCUT2D eigenvalue weighted by Crippen LogP contribution is -2.04. The fourth-order valence-corrected chi connectivity index (χ4v) is 1.47. The zero-order valence-corrected chi connectivity index (χ0v) is 9.73. The first-order valence-corrected chi connectivity index (χ1v) is 5.29. The summed E-state index contributed by atoms with van der Waals surface area (Å²) < 4.78 is 1.93. The quantitative estimate of drug-likeness (QED) is 0.850. The highest BCUT2D eigenvalue weighted by molar-refractivity contribution is 5.37. The summed E-state index contributed by atoms with van der Waals surface area (Å²) in [6, 6.07) is 0. The number of aromatic nitrogens is 4. The van der Waals surface area contributed by atoms with Gasteiger partial charge in [-0.05, 0) is 20.8 Å². The maximum atomic E-state index is 4.46. The van der Waals surface area contributed by atoms with Crippen molar-refractivity contribution in [2.24, 2.45) is 0 Å². The molecule has 1 N–H and O–H groups in total. The van der Waals surface area contributed by atoms with Gasteiger partial charge in [-0.25, -0.2) is 9.97 Å². The van der Waals surface area contributed by atoms with Crippen molar-refractivity contribution in [2.45, 2.75) is 20.8 Å². The lowest BCUT2D eigenvalue weighted by atomic mass is 10.4. The highest BCUT2D eigenvalue weighted by atomic mass is 15.2. The molecular weight excluding hydrogens is 202 g/mol. The van der Waals surface area contributed by atoms with Crippen molar-refractivity contribution in [3.8, 4) is 5.82 Å². The normalized spacial score (nSPS) is 10.4. The van der Waals surface area contributed by atoms with Gasteiger partial charge in [0, 0.05) is 12.2 Å². The number of aryl methyl sites for hydroxylation is 1. The van der Waals surface area contributed by atoms with E-state index in [-0.39, 0.29) is 0 Å². The molecule has 0 radical (unpaired) electrons. The van der Waals surface area contributed by atoms with E-state index in [0.717, 1.165) is 29.6 Å². The predicted octanol–water partition coefficient (Wildman–Crippen LogP) is 1.71. The number of nitrogens with one attached hydrogen (secondary N) is 1. The molecule has 0 aromatic carbocycles. The summed E-state index contributed by atoms with van der Waals surface area (Å²) in [4.78, 5) is 12.9. The Morgan fingerprint density at radius 1 is 1.31 bits per heavy atom. The summed E-state index contributed by atoms with van der Waals surface area (Å²) in [7, 11) is 0. The molecule has 0 atom stereocenters. The molecule has 0 amide bonds. The largest absolute Gasteiger partial charge is 0.369 e. The van der Waals surface area contributed by atoms with Gasteiger partial charge in [0.2, 0.25) is 0 Å². The van der Waals surface area contributed by atoms with Gasteiger partial charge in [-0.15, -0.1) is 0 Å². The Morgan fingerprint density at radius 3 is 2.75 bits per heavy atom. The molecule has 16 heavy (non-hydrogen) atoms. The summed E-state index contributed by atoms with van der Waals surface area (Å²) in [6.45, 7) is 6.86. The molecule has 0 spiro atoms. The van der Waals surface area contributed by atoms with E-state index in [9.17, 15) is 0 Å². The second-order valence-electron chi connectivity index (χ2n) is 3.58. The lowest BCUT2D eigenvalue weighted by Gasteiger charge is -2.06. The Labute approximate surface area is 94.6 Å². The van der Waals surface area contributed by atoms with Gasteiger partial charge in [-0.2, -0.15) is 0 Å². The van der Waals surface area contributed by atoms with Crippen LogP contribution >= 0.6 is 0 Å². The Balaban J connectivity index is 2.40. The third-order valence-electron chi connectivity index (χ3n) is 2.48. The number of imidazole rings is 1. The van der Waals surface area contributed by atoms with Crippen molar-refractivity contribution < 1.29 is 0 Å². The molecule has 0 saturated carbocycles. The molecule has 5 nitrogen and oxygen atoms in total. The topological polar surface area (TPSA) is 55.6 Å². The van der Waals surface area contributed by atoms with Gasteiger partial charge in [0.25, 0.3) is 0 Å². The van der Waals surface area contributed by atoms with Crippen molar-refractivity contribution in [1.29, 1.82) is 0 Å². The average Bonchev–Trinajstić information content (AvgIpc) is 2.61. The van der Waals surface area contributed by atoms with Crippen LogP contribution in [-0.2, 0) is 0 Å². The summed E-state index contributed by atoms with van der Waals surface area (Å²) in [5, 5.41) is 3.14. The molecule has 2 rings (SSSR count). The fraction of sp³-hybridized carbons (Fsp3) is 0.364. The van der Waals surface area contributed by atoms with Crippen molar-refractivity contribution in [3.05, 3.63) is 30.1 Å².